The predicted molar refractivity (Wildman–Crippen MR) is 78.4 cm³/mol. The zero-order chi connectivity index (χ0) is 15.1. The van der Waals surface area contributed by atoms with Gasteiger partial charge in [-0.05, 0) is 36.8 Å². The molecule has 0 amide bonds. The Kier molecular flexibility index (Phi) is 5.59. The quantitative estimate of drug-likeness (QED) is 0.586. The highest BCUT2D eigenvalue weighted by Gasteiger charge is 2.04. The summed E-state index contributed by atoms with van der Waals surface area (Å²) in [7, 11) is 0. The lowest BCUT2D eigenvalue weighted by Gasteiger charge is -2.06. The number of rotatable bonds is 6. The third-order valence-electron chi connectivity index (χ3n) is 2.67. The molecule has 0 saturated heterocycles. The van der Waals surface area contributed by atoms with Crippen LogP contribution in [0.3, 0.4) is 0 Å². The third-order valence-corrected chi connectivity index (χ3v) is 3.81. The number of nitriles is 1. The standard InChI is InChI=1S/C16H13F2NOS/c17-13-5-6-16(15(18)10-13)21-8-2-7-20-14-4-1-3-12(9-14)11-19/h1,3-6,9-10H,2,7-8H2. The van der Waals surface area contributed by atoms with Crippen molar-refractivity contribution in [1.29, 1.82) is 5.26 Å². The van der Waals surface area contributed by atoms with Crippen molar-refractivity contribution in [3.05, 3.63) is 59.7 Å². The molecule has 0 bridgehead atoms. The fourth-order valence-corrected chi connectivity index (χ4v) is 2.52. The van der Waals surface area contributed by atoms with Gasteiger partial charge in [-0.25, -0.2) is 8.78 Å². The van der Waals surface area contributed by atoms with Crippen LogP contribution in [-0.4, -0.2) is 12.4 Å². The molecule has 2 aromatic rings. The Bertz CT molecular complexity index is 655. The molecule has 0 fully saturated rings. The lowest BCUT2D eigenvalue weighted by Crippen LogP contribution is -1.99. The molecule has 2 rings (SSSR count). The van der Waals surface area contributed by atoms with Crippen LogP contribution in [0, 0.1) is 23.0 Å². The van der Waals surface area contributed by atoms with E-state index < -0.39 is 11.6 Å². The van der Waals surface area contributed by atoms with E-state index in [1.165, 1.54) is 23.9 Å². The maximum Gasteiger partial charge on any atom is 0.139 e. The zero-order valence-electron chi connectivity index (χ0n) is 11.2. The summed E-state index contributed by atoms with van der Waals surface area (Å²) in [5.41, 5.74) is 0.551. The molecule has 0 aromatic heterocycles. The fraction of sp³-hybridized carbons (Fsp3) is 0.188. The van der Waals surface area contributed by atoms with Gasteiger partial charge in [0.2, 0.25) is 0 Å². The maximum absolute atomic E-state index is 13.4. The lowest BCUT2D eigenvalue weighted by atomic mass is 10.2. The molecule has 0 radical (unpaired) electrons. The normalized spacial score (nSPS) is 10.1. The van der Waals surface area contributed by atoms with E-state index in [2.05, 4.69) is 0 Å². The van der Waals surface area contributed by atoms with Crippen molar-refractivity contribution in [1.82, 2.24) is 0 Å². The molecule has 0 spiro atoms. The van der Waals surface area contributed by atoms with Crippen LogP contribution in [0.1, 0.15) is 12.0 Å². The molecular weight excluding hydrogens is 292 g/mol. The first kappa shape index (κ1) is 15.3. The second-order valence-electron chi connectivity index (χ2n) is 4.26. The number of benzene rings is 2. The Hall–Kier alpha value is -2.06. The van der Waals surface area contributed by atoms with Crippen molar-refractivity contribution >= 4 is 11.8 Å². The second-order valence-corrected chi connectivity index (χ2v) is 5.40. The van der Waals surface area contributed by atoms with E-state index in [1.807, 2.05) is 6.07 Å². The Balaban J connectivity index is 1.74. The maximum atomic E-state index is 13.4. The van der Waals surface area contributed by atoms with Gasteiger partial charge in [0.05, 0.1) is 18.2 Å². The average molecular weight is 305 g/mol. The number of halogens is 2. The number of ether oxygens (including phenoxy) is 1. The minimum absolute atomic E-state index is 0.433. The average Bonchev–Trinajstić information content (AvgIpc) is 2.49. The summed E-state index contributed by atoms with van der Waals surface area (Å²) >= 11 is 1.32. The molecule has 0 saturated carbocycles. The summed E-state index contributed by atoms with van der Waals surface area (Å²) in [4.78, 5) is 0.433. The van der Waals surface area contributed by atoms with Gasteiger partial charge in [-0.3, -0.25) is 0 Å². The fourth-order valence-electron chi connectivity index (χ4n) is 1.68. The molecule has 0 aliphatic heterocycles. The van der Waals surface area contributed by atoms with E-state index in [1.54, 1.807) is 24.3 Å². The lowest BCUT2D eigenvalue weighted by molar-refractivity contribution is 0.318. The SMILES string of the molecule is N#Cc1cccc(OCCCSc2ccc(F)cc2F)c1. The number of thioether (sulfide) groups is 1. The van der Waals surface area contributed by atoms with Gasteiger partial charge in [0.1, 0.15) is 17.4 Å². The molecule has 2 aromatic carbocycles. The van der Waals surface area contributed by atoms with E-state index in [0.717, 1.165) is 12.5 Å². The summed E-state index contributed by atoms with van der Waals surface area (Å²) in [6, 6.07) is 12.5. The molecule has 0 heterocycles. The van der Waals surface area contributed by atoms with Crippen molar-refractivity contribution < 1.29 is 13.5 Å². The van der Waals surface area contributed by atoms with Crippen LogP contribution >= 0.6 is 11.8 Å². The molecule has 0 N–H and O–H groups in total. The number of hydrogen-bond donors (Lipinski definition) is 0. The van der Waals surface area contributed by atoms with Crippen molar-refractivity contribution in [3.63, 3.8) is 0 Å². The van der Waals surface area contributed by atoms with E-state index >= 15 is 0 Å². The molecule has 108 valence electrons. The summed E-state index contributed by atoms with van der Waals surface area (Å²) in [5.74, 6) is 0.202. The molecule has 0 unspecified atom stereocenters. The first-order valence-corrected chi connectivity index (χ1v) is 7.38. The van der Waals surface area contributed by atoms with Gasteiger partial charge < -0.3 is 4.74 Å². The van der Waals surface area contributed by atoms with Gasteiger partial charge in [-0.1, -0.05) is 6.07 Å². The van der Waals surface area contributed by atoms with Crippen LogP contribution in [0.25, 0.3) is 0 Å². The van der Waals surface area contributed by atoms with Gasteiger partial charge in [-0.15, -0.1) is 11.8 Å². The van der Waals surface area contributed by atoms with Gasteiger partial charge in [-0.2, -0.15) is 5.26 Å². The molecule has 2 nitrogen and oxygen atoms in total. The van der Waals surface area contributed by atoms with Gasteiger partial charge in [0.15, 0.2) is 0 Å². The topological polar surface area (TPSA) is 33.0 Å². The first-order chi connectivity index (χ1) is 10.2. The van der Waals surface area contributed by atoms with E-state index in [0.29, 0.717) is 28.6 Å². The van der Waals surface area contributed by atoms with Crippen LogP contribution in [0.2, 0.25) is 0 Å². The second kappa shape index (κ2) is 7.65. The van der Waals surface area contributed by atoms with Crippen molar-refractivity contribution in [3.8, 4) is 11.8 Å². The van der Waals surface area contributed by atoms with Crippen LogP contribution in [0.15, 0.2) is 47.4 Å². The molecule has 0 aliphatic rings. The van der Waals surface area contributed by atoms with Crippen molar-refractivity contribution in [2.24, 2.45) is 0 Å². The third kappa shape index (κ3) is 4.76. The summed E-state index contributed by atoms with van der Waals surface area (Å²) in [6.45, 7) is 0.477. The summed E-state index contributed by atoms with van der Waals surface area (Å²) in [5, 5.41) is 8.77. The predicted octanol–water partition coefficient (Wildman–Crippen LogP) is 4.40. The number of nitrogens with zero attached hydrogens (tertiary/aromatic N) is 1. The minimum Gasteiger partial charge on any atom is -0.494 e. The highest BCUT2D eigenvalue weighted by molar-refractivity contribution is 7.99. The Labute approximate surface area is 126 Å². The highest BCUT2D eigenvalue weighted by atomic mass is 32.2. The Morgan fingerprint density at radius 2 is 2.00 bits per heavy atom. The number of hydrogen-bond acceptors (Lipinski definition) is 3. The Morgan fingerprint density at radius 3 is 2.76 bits per heavy atom. The molecule has 21 heavy (non-hydrogen) atoms. The van der Waals surface area contributed by atoms with Gasteiger partial charge in [0, 0.05) is 16.7 Å². The molecule has 5 heteroatoms. The van der Waals surface area contributed by atoms with Gasteiger partial charge in [0.25, 0.3) is 0 Å². The molecule has 0 aliphatic carbocycles. The highest BCUT2D eigenvalue weighted by Crippen LogP contribution is 2.23. The van der Waals surface area contributed by atoms with E-state index in [-0.39, 0.29) is 0 Å². The zero-order valence-corrected chi connectivity index (χ0v) is 12.0. The van der Waals surface area contributed by atoms with Crippen molar-refractivity contribution in [2.75, 3.05) is 12.4 Å². The van der Waals surface area contributed by atoms with E-state index in [9.17, 15) is 8.78 Å². The largest absolute Gasteiger partial charge is 0.494 e. The van der Waals surface area contributed by atoms with E-state index in [4.69, 9.17) is 10.00 Å². The van der Waals surface area contributed by atoms with Crippen LogP contribution in [-0.2, 0) is 0 Å². The smallest absolute Gasteiger partial charge is 0.139 e. The molecular formula is C16H13F2NOS. The monoisotopic (exact) mass is 305 g/mol. The summed E-state index contributed by atoms with van der Waals surface area (Å²) in [6.07, 6.45) is 0.721. The van der Waals surface area contributed by atoms with Gasteiger partial charge >= 0.3 is 0 Å². The van der Waals surface area contributed by atoms with Crippen LogP contribution in [0.5, 0.6) is 5.75 Å². The van der Waals surface area contributed by atoms with Crippen LogP contribution < -0.4 is 4.74 Å². The van der Waals surface area contributed by atoms with Crippen LogP contribution in [0.4, 0.5) is 8.78 Å². The Morgan fingerprint density at radius 1 is 1.14 bits per heavy atom. The first-order valence-electron chi connectivity index (χ1n) is 6.40. The summed E-state index contributed by atoms with van der Waals surface area (Å²) < 4.78 is 31.7. The van der Waals surface area contributed by atoms with Crippen molar-refractivity contribution in [2.45, 2.75) is 11.3 Å². The minimum atomic E-state index is -0.572. The molecule has 0 atom stereocenters.